The number of alkyl halides is 3. The number of halogens is 3. The first-order valence-electron chi connectivity index (χ1n) is 11.0. The van der Waals surface area contributed by atoms with Gasteiger partial charge in [-0.3, -0.25) is 4.79 Å². The Labute approximate surface area is 193 Å². The summed E-state index contributed by atoms with van der Waals surface area (Å²) in [6, 6.07) is 7.66. The molecular weight excluding hydrogens is 447 g/mol. The van der Waals surface area contributed by atoms with Gasteiger partial charge in [0.2, 0.25) is 0 Å². The number of aromatic nitrogens is 3. The largest absolute Gasteiger partial charge is 0.419 e. The van der Waals surface area contributed by atoms with E-state index in [4.69, 9.17) is 4.74 Å². The van der Waals surface area contributed by atoms with Crippen LogP contribution in [0.4, 0.5) is 24.7 Å². The van der Waals surface area contributed by atoms with Crippen LogP contribution in [0.1, 0.15) is 35.4 Å². The number of hydrogen-bond acceptors (Lipinski definition) is 6. The van der Waals surface area contributed by atoms with Crippen LogP contribution >= 0.6 is 0 Å². The topological polar surface area (TPSA) is 80.2 Å². The summed E-state index contributed by atoms with van der Waals surface area (Å²) in [5, 5.41) is 2.73. The van der Waals surface area contributed by atoms with Crippen LogP contribution in [0.5, 0.6) is 0 Å². The van der Waals surface area contributed by atoms with Crippen LogP contribution in [-0.4, -0.2) is 40.6 Å². The lowest BCUT2D eigenvalue weighted by atomic mass is 9.99. The van der Waals surface area contributed by atoms with E-state index in [1.165, 1.54) is 0 Å². The number of benzene rings is 1. The van der Waals surface area contributed by atoms with Crippen LogP contribution in [0.25, 0.3) is 16.7 Å². The summed E-state index contributed by atoms with van der Waals surface area (Å²) in [5.41, 5.74) is 0.898. The summed E-state index contributed by atoms with van der Waals surface area (Å²) in [6.45, 7) is 3.92. The van der Waals surface area contributed by atoms with Crippen molar-refractivity contribution in [3.63, 3.8) is 0 Å². The maximum atomic E-state index is 14.5. The molecule has 176 valence electrons. The maximum absolute atomic E-state index is 14.5. The number of ether oxygens (including phenoxy) is 1. The van der Waals surface area contributed by atoms with Gasteiger partial charge in [-0.2, -0.15) is 13.2 Å². The highest BCUT2D eigenvalue weighted by atomic mass is 19.4. The molecule has 2 aromatic heterocycles. The fraction of sp³-hybridized carbons (Fsp3) is 0.333. The predicted molar refractivity (Wildman–Crippen MR) is 121 cm³/mol. The highest BCUT2D eigenvalue weighted by Gasteiger charge is 2.40. The number of carbonyl (C=O) groups excluding carboxylic acids is 1. The molecule has 0 atom stereocenters. The molecule has 7 nitrogen and oxygen atoms in total. The molecule has 4 heterocycles. The van der Waals surface area contributed by atoms with Crippen molar-refractivity contribution in [2.24, 2.45) is 0 Å². The van der Waals surface area contributed by atoms with Crippen LogP contribution in [0.15, 0.2) is 37.0 Å². The van der Waals surface area contributed by atoms with E-state index in [1.807, 2.05) is 24.3 Å². The van der Waals surface area contributed by atoms with Crippen LogP contribution in [0.3, 0.4) is 0 Å². The Morgan fingerprint density at radius 2 is 1.91 bits per heavy atom. The Balaban J connectivity index is 1.74. The first kappa shape index (κ1) is 22.3. The van der Waals surface area contributed by atoms with Crippen molar-refractivity contribution in [1.29, 1.82) is 0 Å². The van der Waals surface area contributed by atoms with Crippen LogP contribution in [0, 0.1) is 0 Å². The number of carbonyl (C=O) groups is 1. The molecule has 3 aromatic rings. The molecule has 5 rings (SSSR count). The molecule has 1 fully saturated rings. The van der Waals surface area contributed by atoms with Crippen LogP contribution < -0.4 is 10.2 Å². The van der Waals surface area contributed by atoms with Gasteiger partial charge in [0.05, 0.1) is 29.4 Å². The second-order valence-corrected chi connectivity index (χ2v) is 8.27. The molecule has 2 aliphatic heterocycles. The molecule has 1 N–H and O–H groups in total. The standard InChI is InChI=1S/C24H22F3N5O2/c1-14-16-8-4-2-6-15(16)7-3-5-9-18-30-22-20(23(29-14)31-18)21(24(25,26)27)17(12-28-22)32-10-11-34-13-19(32)33/h2,4,6,8,12H,1,3,5,7,9-11,13H2,(H,28,29,30,31). The molecular formula is C24H22F3N5O2. The van der Waals surface area contributed by atoms with Gasteiger partial charge in [-0.15, -0.1) is 0 Å². The van der Waals surface area contributed by atoms with Gasteiger partial charge >= 0.3 is 6.18 Å². The SMILES string of the molecule is C=C1Nc2nc(nc3ncc(N4CCOCC4=O)c(C(F)(F)F)c23)CCCCc2ccccc21. The minimum Gasteiger partial charge on any atom is -0.370 e. The summed E-state index contributed by atoms with van der Waals surface area (Å²) in [5.74, 6) is -0.178. The van der Waals surface area contributed by atoms with Crippen molar-refractivity contribution >= 4 is 34.1 Å². The van der Waals surface area contributed by atoms with Crippen LogP contribution in [-0.2, 0) is 28.5 Å². The molecule has 1 saturated heterocycles. The zero-order chi connectivity index (χ0) is 23.9. The lowest BCUT2D eigenvalue weighted by molar-refractivity contribution is -0.136. The number of aryl methyl sites for hydroxylation is 2. The van der Waals surface area contributed by atoms with E-state index < -0.39 is 17.6 Å². The number of amides is 1. The summed E-state index contributed by atoms with van der Waals surface area (Å²) < 4.78 is 48.7. The van der Waals surface area contributed by atoms with Crippen LogP contribution in [0.2, 0.25) is 0 Å². The molecule has 0 unspecified atom stereocenters. The third kappa shape index (κ3) is 4.09. The Kier molecular flexibility index (Phi) is 5.68. The van der Waals surface area contributed by atoms with Gasteiger partial charge in [0.1, 0.15) is 18.2 Å². The summed E-state index contributed by atoms with van der Waals surface area (Å²) in [6.07, 6.45) is -0.757. The van der Waals surface area contributed by atoms with Crippen molar-refractivity contribution in [3.05, 3.63) is 59.6 Å². The van der Waals surface area contributed by atoms with Gasteiger partial charge in [0, 0.05) is 24.2 Å². The monoisotopic (exact) mass is 469 g/mol. The van der Waals surface area contributed by atoms with Gasteiger partial charge < -0.3 is 15.0 Å². The molecule has 0 saturated carbocycles. The Hall–Kier alpha value is -3.53. The smallest absolute Gasteiger partial charge is 0.370 e. The maximum Gasteiger partial charge on any atom is 0.419 e. The zero-order valence-corrected chi connectivity index (χ0v) is 18.3. The summed E-state index contributed by atoms with van der Waals surface area (Å²) in [4.78, 5) is 26.5. The second kappa shape index (κ2) is 8.68. The fourth-order valence-corrected chi connectivity index (χ4v) is 4.44. The molecule has 0 radical (unpaired) electrons. The van der Waals surface area contributed by atoms with E-state index in [0.717, 1.165) is 41.5 Å². The highest BCUT2D eigenvalue weighted by Crippen LogP contribution is 2.43. The first-order valence-corrected chi connectivity index (χ1v) is 11.0. The fourth-order valence-electron chi connectivity index (χ4n) is 4.44. The molecule has 2 aliphatic rings. The number of nitrogens with zero attached hydrogens (tertiary/aromatic N) is 4. The van der Waals surface area contributed by atoms with Gasteiger partial charge in [-0.25, -0.2) is 15.0 Å². The van der Waals surface area contributed by atoms with Crippen molar-refractivity contribution in [1.82, 2.24) is 15.0 Å². The summed E-state index contributed by atoms with van der Waals surface area (Å²) in [7, 11) is 0. The minimum absolute atomic E-state index is 0.00309. The second-order valence-electron chi connectivity index (χ2n) is 8.27. The molecule has 0 aliphatic carbocycles. The first-order chi connectivity index (χ1) is 16.3. The molecule has 34 heavy (non-hydrogen) atoms. The Bertz CT molecular complexity index is 1290. The number of morpholine rings is 1. The Morgan fingerprint density at radius 1 is 1.12 bits per heavy atom. The number of hydrogen-bond donors (Lipinski definition) is 1. The number of anilines is 2. The Morgan fingerprint density at radius 3 is 2.71 bits per heavy atom. The van der Waals surface area contributed by atoms with Gasteiger partial charge in [0.25, 0.3) is 5.91 Å². The van der Waals surface area contributed by atoms with E-state index in [9.17, 15) is 18.0 Å². The summed E-state index contributed by atoms with van der Waals surface area (Å²) >= 11 is 0. The van der Waals surface area contributed by atoms with E-state index in [0.29, 0.717) is 17.9 Å². The lowest BCUT2D eigenvalue weighted by Crippen LogP contribution is -2.42. The molecule has 1 aromatic carbocycles. The average molecular weight is 469 g/mol. The quantitative estimate of drug-likeness (QED) is 0.570. The number of pyridine rings is 1. The van der Waals surface area contributed by atoms with E-state index >= 15 is 0 Å². The minimum atomic E-state index is -4.79. The number of fused-ring (bicyclic) bond motifs is 5. The van der Waals surface area contributed by atoms with Crippen molar-refractivity contribution in [2.75, 3.05) is 30.0 Å². The van der Waals surface area contributed by atoms with E-state index in [2.05, 4.69) is 26.8 Å². The van der Waals surface area contributed by atoms with E-state index in [-0.39, 0.29) is 42.3 Å². The highest BCUT2D eigenvalue weighted by molar-refractivity contribution is 6.02. The number of nitrogens with one attached hydrogen (secondary N) is 1. The third-order valence-electron chi connectivity index (χ3n) is 6.02. The van der Waals surface area contributed by atoms with Crippen molar-refractivity contribution in [2.45, 2.75) is 31.9 Å². The molecule has 1 amide bonds. The lowest BCUT2D eigenvalue weighted by Gasteiger charge is -2.29. The zero-order valence-electron chi connectivity index (χ0n) is 18.3. The number of rotatable bonds is 1. The van der Waals surface area contributed by atoms with Crippen molar-refractivity contribution in [3.8, 4) is 0 Å². The normalized spacial score (nSPS) is 17.2. The van der Waals surface area contributed by atoms with Crippen molar-refractivity contribution < 1.29 is 22.7 Å². The average Bonchev–Trinajstić information content (AvgIpc) is 2.83. The van der Waals surface area contributed by atoms with Gasteiger partial charge in [-0.1, -0.05) is 30.8 Å². The predicted octanol–water partition coefficient (Wildman–Crippen LogP) is 4.37. The third-order valence-corrected chi connectivity index (χ3v) is 6.02. The van der Waals surface area contributed by atoms with Gasteiger partial charge in [-0.05, 0) is 24.8 Å². The molecule has 2 bridgehead atoms. The van der Waals surface area contributed by atoms with E-state index in [1.54, 1.807) is 0 Å². The molecule has 10 heteroatoms. The van der Waals surface area contributed by atoms with Gasteiger partial charge in [0.15, 0.2) is 5.65 Å². The molecule has 0 spiro atoms.